The minimum Gasteiger partial charge on any atom is -0.415 e. The van der Waals surface area contributed by atoms with Gasteiger partial charge >= 0.3 is 7.60 Å². The maximum absolute atomic E-state index is 14.9. The largest absolute Gasteiger partial charge is 0.453 e. The zero-order valence-corrected chi connectivity index (χ0v) is 26.2. The van der Waals surface area contributed by atoms with Gasteiger partial charge in [-0.15, -0.1) is 0 Å². The van der Waals surface area contributed by atoms with Crippen LogP contribution in [-0.4, -0.2) is 47.0 Å². The van der Waals surface area contributed by atoms with E-state index in [1.165, 1.54) is 4.90 Å². The van der Waals surface area contributed by atoms with Crippen LogP contribution < -0.4 is 25.8 Å². The molecule has 46 heavy (non-hydrogen) atoms. The van der Waals surface area contributed by atoms with Crippen molar-refractivity contribution in [2.24, 2.45) is 11.5 Å². The van der Waals surface area contributed by atoms with Crippen molar-refractivity contribution in [3.05, 3.63) is 132 Å². The van der Waals surface area contributed by atoms with Crippen LogP contribution in [0.5, 0.6) is 11.5 Å². The molecule has 10 nitrogen and oxygen atoms in total. The second kappa shape index (κ2) is 14.9. The molecule has 2 amide bonds. The van der Waals surface area contributed by atoms with Gasteiger partial charge in [0.25, 0.3) is 0 Å². The number of nitrogens with zero attached hydrogens (tertiary/aromatic N) is 1. The molecule has 0 saturated carbocycles. The SMILES string of the molecule is N=C(N)c1ccc(CC(NC(=O)[C@@H]2CCCN2C(=O)[C@H](N)Cc2ccccc2)P(=O)(Oc2ccccc2)Oc2ccccc2)cc1. The Morgan fingerprint density at radius 2 is 1.35 bits per heavy atom. The predicted molar refractivity (Wildman–Crippen MR) is 178 cm³/mol. The lowest BCUT2D eigenvalue weighted by atomic mass is 10.0. The zero-order valence-electron chi connectivity index (χ0n) is 25.3. The average molecular weight is 640 g/mol. The van der Waals surface area contributed by atoms with E-state index in [0.29, 0.717) is 48.4 Å². The van der Waals surface area contributed by atoms with E-state index in [1.54, 1.807) is 84.9 Å². The van der Waals surface area contributed by atoms with E-state index in [9.17, 15) is 14.2 Å². The zero-order chi connectivity index (χ0) is 32.5. The van der Waals surface area contributed by atoms with Crippen molar-refractivity contribution in [1.29, 1.82) is 5.41 Å². The van der Waals surface area contributed by atoms with Gasteiger partial charge in [0.1, 0.15) is 23.4 Å². The fraction of sp³-hybridized carbons (Fsp3) is 0.229. The first kappa shape index (κ1) is 32.5. The number of likely N-dealkylation sites (tertiary alicyclic amines) is 1. The van der Waals surface area contributed by atoms with E-state index >= 15 is 0 Å². The average Bonchev–Trinajstić information content (AvgIpc) is 3.56. The first-order valence-electron chi connectivity index (χ1n) is 15.1. The Morgan fingerprint density at radius 1 is 0.826 bits per heavy atom. The molecule has 238 valence electrons. The van der Waals surface area contributed by atoms with Crippen LogP contribution in [0, 0.1) is 5.41 Å². The number of nitrogens with one attached hydrogen (secondary N) is 2. The van der Waals surface area contributed by atoms with Crippen molar-refractivity contribution in [3.63, 3.8) is 0 Å². The summed E-state index contributed by atoms with van der Waals surface area (Å²) in [6.07, 6.45) is 1.46. The van der Waals surface area contributed by atoms with Gasteiger partial charge < -0.3 is 30.7 Å². The number of benzene rings is 4. The molecule has 1 heterocycles. The second-order valence-corrected chi connectivity index (χ2v) is 13.2. The van der Waals surface area contributed by atoms with Gasteiger partial charge in [0.05, 0.1) is 6.04 Å². The number of amidine groups is 1. The van der Waals surface area contributed by atoms with Crippen molar-refractivity contribution < 1.29 is 23.2 Å². The number of hydrogen-bond donors (Lipinski definition) is 4. The third kappa shape index (κ3) is 8.21. The second-order valence-electron chi connectivity index (χ2n) is 11.2. The Bertz CT molecular complexity index is 1630. The maximum atomic E-state index is 14.9. The molecular formula is C35H38N5O5P. The molecule has 4 aromatic rings. The quantitative estimate of drug-likeness (QED) is 0.0922. The predicted octanol–water partition coefficient (Wildman–Crippen LogP) is 4.87. The highest BCUT2D eigenvalue weighted by Gasteiger charge is 2.44. The highest BCUT2D eigenvalue weighted by atomic mass is 31.2. The molecule has 0 bridgehead atoms. The molecular weight excluding hydrogens is 601 g/mol. The Balaban J connectivity index is 1.44. The van der Waals surface area contributed by atoms with Gasteiger partial charge in [-0.1, -0.05) is 91.0 Å². The third-order valence-electron chi connectivity index (χ3n) is 7.79. The summed E-state index contributed by atoms with van der Waals surface area (Å²) in [4.78, 5) is 29.0. The minimum atomic E-state index is -4.20. The smallest absolute Gasteiger partial charge is 0.415 e. The van der Waals surface area contributed by atoms with E-state index in [-0.39, 0.29) is 18.2 Å². The molecule has 1 aliphatic rings. The summed E-state index contributed by atoms with van der Waals surface area (Å²) in [6, 6.07) is 32.0. The van der Waals surface area contributed by atoms with Crippen LogP contribution in [0.2, 0.25) is 0 Å². The number of hydrogen-bond acceptors (Lipinski definition) is 7. The molecule has 3 atom stereocenters. The topological polar surface area (TPSA) is 161 Å². The highest BCUT2D eigenvalue weighted by molar-refractivity contribution is 7.55. The van der Waals surface area contributed by atoms with E-state index in [4.69, 9.17) is 25.9 Å². The van der Waals surface area contributed by atoms with Gasteiger partial charge in [0.2, 0.25) is 11.8 Å². The van der Waals surface area contributed by atoms with E-state index in [2.05, 4.69) is 5.32 Å². The van der Waals surface area contributed by atoms with Crippen molar-refractivity contribution in [3.8, 4) is 11.5 Å². The molecule has 6 N–H and O–H groups in total. The molecule has 1 fully saturated rings. The van der Waals surface area contributed by atoms with Gasteiger partial charge in [0.15, 0.2) is 5.78 Å². The fourth-order valence-electron chi connectivity index (χ4n) is 5.42. The van der Waals surface area contributed by atoms with E-state index in [0.717, 1.165) is 5.56 Å². The number of carbonyl (C=O) groups excluding carboxylic acids is 2. The van der Waals surface area contributed by atoms with Crippen LogP contribution in [0.15, 0.2) is 115 Å². The molecule has 0 aliphatic carbocycles. The van der Waals surface area contributed by atoms with Crippen LogP contribution >= 0.6 is 7.60 Å². The van der Waals surface area contributed by atoms with Gasteiger partial charge in [-0.25, -0.2) is 4.57 Å². The number of para-hydroxylation sites is 2. The van der Waals surface area contributed by atoms with Crippen LogP contribution in [0.4, 0.5) is 0 Å². The summed E-state index contributed by atoms with van der Waals surface area (Å²) in [5.74, 6) is -1.42. The number of carbonyl (C=O) groups is 2. The van der Waals surface area contributed by atoms with Crippen LogP contribution in [0.25, 0.3) is 0 Å². The lowest BCUT2D eigenvalue weighted by Gasteiger charge is -2.31. The van der Waals surface area contributed by atoms with Gasteiger partial charge in [-0.05, 0) is 54.7 Å². The Kier molecular flexibility index (Phi) is 10.5. The minimum absolute atomic E-state index is 0.0645. The number of rotatable bonds is 13. The number of amides is 2. The van der Waals surface area contributed by atoms with Crippen LogP contribution in [0.3, 0.4) is 0 Å². The summed E-state index contributed by atoms with van der Waals surface area (Å²) < 4.78 is 27.1. The van der Waals surface area contributed by atoms with Crippen molar-refractivity contribution in [2.45, 2.75) is 43.5 Å². The standard InChI is InChI=1S/C35H38N5O5P/c36-30(23-25-11-4-1-5-12-25)35(42)40-22-10-17-31(40)34(41)39-32(24-26-18-20-27(21-19-26)33(37)38)46(43,44-28-13-6-2-7-14-28)45-29-15-8-3-9-16-29/h1-9,11-16,18-21,30-32H,10,17,22-24,36H2,(H3,37,38)(H,39,41)/t30-,31+,32?/m1/s1. The Labute approximate surface area is 268 Å². The molecule has 1 aliphatic heterocycles. The first-order valence-corrected chi connectivity index (χ1v) is 16.8. The molecule has 1 unspecified atom stereocenters. The lowest BCUT2D eigenvalue weighted by Crippen LogP contribution is -2.53. The molecule has 0 spiro atoms. The lowest BCUT2D eigenvalue weighted by molar-refractivity contribution is -0.139. The Morgan fingerprint density at radius 3 is 1.89 bits per heavy atom. The van der Waals surface area contributed by atoms with Crippen molar-refractivity contribution in [2.75, 3.05) is 6.54 Å². The van der Waals surface area contributed by atoms with Crippen molar-refractivity contribution >= 4 is 25.2 Å². The molecule has 0 aromatic heterocycles. The monoisotopic (exact) mass is 639 g/mol. The molecule has 11 heteroatoms. The normalized spacial score (nSPS) is 15.8. The van der Waals surface area contributed by atoms with E-state index in [1.807, 2.05) is 30.3 Å². The van der Waals surface area contributed by atoms with Gasteiger partial charge in [0, 0.05) is 18.5 Å². The van der Waals surface area contributed by atoms with Crippen molar-refractivity contribution in [1.82, 2.24) is 10.2 Å². The van der Waals surface area contributed by atoms with E-state index < -0.39 is 31.4 Å². The first-order chi connectivity index (χ1) is 22.2. The summed E-state index contributed by atoms with van der Waals surface area (Å²) in [5.41, 5.74) is 14.1. The fourth-order valence-corrected chi connectivity index (χ4v) is 7.26. The summed E-state index contributed by atoms with van der Waals surface area (Å²) in [7, 11) is -4.20. The third-order valence-corrected chi connectivity index (χ3v) is 9.80. The van der Waals surface area contributed by atoms with Gasteiger partial charge in [-0.2, -0.15) is 0 Å². The summed E-state index contributed by atoms with van der Waals surface area (Å²) >= 11 is 0. The maximum Gasteiger partial charge on any atom is 0.453 e. The molecule has 1 saturated heterocycles. The summed E-state index contributed by atoms with van der Waals surface area (Å²) in [5, 5.41) is 10.7. The summed E-state index contributed by atoms with van der Waals surface area (Å²) in [6.45, 7) is 0.384. The Hall–Kier alpha value is -4.92. The number of nitrogen functional groups attached to an aromatic ring is 1. The molecule has 0 radical (unpaired) electrons. The highest BCUT2D eigenvalue weighted by Crippen LogP contribution is 2.53. The molecule has 5 rings (SSSR count). The van der Waals surface area contributed by atoms with Crippen LogP contribution in [-0.2, 0) is 27.0 Å². The number of nitrogens with two attached hydrogens (primary N) is 2. The molecule has 4 aromatic carbocycles. The van der Waals surface area contributed by atoms with Crippen LogP contribution in [0.1, 0.15) is 29.5 Å². The van der Waals surface area contributed by atoms with Gasteiger partial charge in [-0.3, -0.25) is 15.0 Å².